The van der Waals surface area contributed by atoms with Gasteiger partial charge < -0.3 is 10.4 Å². The number of nitrogens with one attached hydrogen (secondary N) is 2. The molecule has 0 bridgehead atoms. The van der Waals surface area contributed by atoms with Crippen LogP contribution in [0.3, 0.4) is 0 Å². The first-order chi connectivity index (χ1) is 8.30. The molecule has 1 heterocycles. The van der Waals surface area contributed by atoms with Crippen molar-refractivity contribution < 1.29 is 5.11 Å². The van der Waals surface area contributed by atoms with Gasteiger partial charge in [-0.25, -0.2) is 10.8 Å². The first-order valence-corrected chi connectivity index (χ1v) is 6.04. The van der Waals surface area contributed by atoms with Gasteiger partial charge in [-0.2, -0.15) is 4.98 Å². The highest BCUT2D eigenvalue weighted by molar-refractivity contribution is 5.41. The molecule has 1 unspecified atom stereocenters. The highest BCUT2D eigenvalue weighted by atomic mass is 16.3. The number of anilines is 2. The molecule has 0 aromatic carbocycles. The second-order valence-corrected chi connectivity index (χ2v) is 5.66. The minimum absolute atomic E-state index is 0.104. The van der Waals surface area contributed by atoms with Gasteiger partial charge in [0.05, 0.1) is 6.10 Å². The van der Waals surface area contributed by atoms with Crippen LogP contribution in [0, 0.1) is 12.3 Å². The Kier molecular flexibility index (Phi) is 4.86. The van der Waals surface area contributed by atoms with E-state index in [1.807, 2.05) is 13.0 Å². The number of aromatic nitrogens is 2. The molecule has 5 N–H and O–H groups in total. The van der Waals surface area contributed by atoms with E-state index in [2.05, 4.69) is 41.5 Å². The molecule has 0 saturated heterocycles. The van der Waals surface area contributed by atoms with Crippen LogP contribution < -0.4 is 16.6 Å². The summed E-state index contributed by atoms with van der Waals surface area (Å²) in [6.07, 6.45) is 0.320. The van der Waals surface area contributed by atoms with Crippen LogP contribution in [0.5, 0.6) is 0 Å². The van der Waals surface area contributed by atoms with Crippen LogP contribution in [-0.4, -0.2) is 27.7 Å². The molecule has 0 saturated carbocycles. The average molecular weight is 253 g/mol. The smallest absolute Gasteiger partial charge is 0.239 e. The Labute approximate surface area is 108 Å². The topological polar surface area (TPSA) is 96.1 Å². The number of aryl methyl sites for hydroxylation is 1. The zero-order valence-corrected chi connectivity index (χ0v) is 11.5. The Morgan fingerprint density at radius 2 is 2.06 bits per heavy atom. The van der Waals surface area contributed by atoms with Crippen molar-refractivity contribution in [2.75, 3.05) is 17.3 Å². The summed E-state index contributed by atoms with van der Waals surface area (Å²) in [4.78, 5) is 8.24. The third kappa shape index (κ3) is 5.29. The molecule has 0 aliphatic heterocycles. The highest BCUT2D eigenvalue weighted by Gasteiger charge is 2.16. The van der Waals surface area contributed by atoms with E-state index in [9.17, 15) is 5.11 Å². The number of nitrogens with two attached hydrogens (primary N) is 1. The second-order valence-electron chi connectivity index (χ2n) is 5.66. The van der Waals surface area contributed by atoms with Gasteiger partial charge in [-0.1, -0.05) is 20.8 Å². The lowest BCUT2D eigenvalue weighted by molar-refractivity contribution is 0.132. The number of aliphatic hydroxyl groups excluding tert-OH is 1. The molecule has 1 aromatic rings. The molecule has 6 heteroatoms. The molecular formula is C12H23N5O. The molecular weight excluding hydrogens is 230 g/mol. The van der Waals surface area contributed by atoms with Crippen molar-refractivity contribution >= 4 is 11.8 Å². The minimum atomic E-state index is -0.408. The molecule has 0 amide bonds. The van der Waals surface area contributed by atoms with E-state index in [0.29, 0.717) is 18.3 Å². The lowest BCUT2D eigenvalue weighted by atomic mass is 9.89. The van der Waals surface area contributed by atoms with Crippen LogP contribution in [0.2, 0.25) is 0 Å². The molecule has 1 rings (SSSR count). The maximum atomic E-state index is 9.90. The van der Waals surface area contributed by atoms with Crippen molar-refractivity contribution in [1.29, 1.82) is 0 Å². The van der Waals surface area contributed by atoms with Gasteiger partial charge in [0.15, 0.2) is 0 Å². The first kappa shape index (κ1) is 14.7. The standard InChI is InChI=1S/C12H23N5O/c1-8-5-10(16-11(15-8)17-13)14-7-9(18)6-12(2,3)4/h5,9,18H,6-7,13H2,1-4H3,(H2,14,15,16,17). The summed E-state index contributed by atoms with van der Waals surface area (Å²) in [6.45, 7) is 8.61. The van der Waals surface area contributed by atoms with Crippen molar-refractivity contribution in [3.63, 3.8) is 0 Å². The largest absolute Gasteiger partial charge is 0.391 e. The third-order valence-corrected chi connectivity index (χ3v) is 2.35. The molecule has 1 aromatic heterocycles. The summed E-state index contributed by atoms with van der Waals surface area (Å²) in [5, 5.41) is 13.0. The van der Waals surface area contributed by atoms with Gasteiger partial charge in [0.25, 0.3) is 0 Å². The molecule has 102 valence electrons. The normalized spacial score (nSPS) is 13.2. The second kappa shape index (κ2) is 5.97. The predicted octanol–water partition coefficient (Wildman–Crippen LogP) is 1.28. The van der Waals surface area contributed by atoms with Crippen LogP contribution in [-0.2, 0) is 0 Å². The van der Waals surface area contributed by atoms with E-state index in [-0.39, 0.29) is 5.41 Å². The van der Waals surface area contributed by atoms with E-state index in [4.69, 9.17) is 5.84 Å². The minimum Gasteiger partial charge on any atom is -0.391 e. The van der Waals surface area contributed by atoms with Crippen LogP contribution in [0.1, 0.15) is 32.9 Å². The van der Waals surface area contributed by atoms with Crippen molar-refractivity contribution in [3.8, 4) is 0 Å². The number of aliphatic hydroxyl groups is 1. The summed E-state index contributed by atoms with van der Waals surface area (Å²) >= 11 is 0. The number of hydrazine groups is 1. The van der Waals surface area contributed by atoms with E-state index in [1.54, 1.807) is 0 Å². The molecule has 0 spiro atoms. The summed E-state index contributed by atoms with van der Waals surface area (Å²) in [5.41, 5.74) is 3.32. The summed E-state index contributed by atoms with van der Waals surface area (Å²) < 4.78 is 0. The van der Waals surface area contributed by atoms with Crippen LogP contribution >= 0.6 is 0 Å². The molecule has 6 nitrogen and oxygen atoms in total. The van der Waals surface area contributed by atoms with Crippen LogP contribution in [0.4, 0.5) is 11.8 Å². The van der Waals surface area contributed by atoms with Gasteiger partial charge >= 0.3 is 0 Å². The van der Waals surface area contributed by atoms with Crippen molar-refractivity contribution in [2.45, 2.75) is 40.2 Å². The monoisotopic (exact) mass is 253 g/mol. The number of nitrogen functional groups attached to an aromatic ring is 1. The quantitative estimate of drug-likeness (QED) is 0.466. The Balaban J connectivity index is 2.55. The van der Waals surface area contributed by atoms with Crippen molar-refractivity contribution in [3.05, 3.63) is 11.8 Å². The SMILES string of the molecule is Cc1cc(NCC(O)CC(C)(C)C)nc(NN)n1. The Morgan fingerprint density at radius 3 is 2.61 bits per heavy atom. The van der Waals surface area contributed by atoms with Gasteiger partial charge in [0.2, 0.25) is 5.95 Å². The number of hydrogen-bond donors (Lipinski definition) is 4. The summed E-state index contributed by atoms with van der Waals surface area (Å²) in [6, 6.07) is 1.81. The van der Waals surface area contributed by atoms with Gasteiger partial charge in [-0.3, -0.25) is 5.43 Å². The lowest BCUT2D eigenvalue weighted by Gasteiger charge is -2.22. The van der Waals surface area contributed by atoms with Gasteiger partial charge in [-0.15, -0.1) is 0 Å². The zero-order chi connectivity index (χ0) is 13.8. The van der Waals surface area contributed by atoms with Crippen molar-refractivity contribution in [2.24, 2.45) is 11.3 Å². The zero-order valence-electron chi connectivity index (χ0n) is 11.5. The van der Waals surface area contributed by atoms with Crippen LogP contribution in [0.15, 0.2) is 6.07 Å². The van der Waals surface area contributed by atoms with E-state index < -0.39 is 6.10 Å². The molecule has 1 atom stereocenters. The predicted molar refractivity (Wildman–Crippen MR) is 73.1 cm³/mol. The molecule has 0 fully saturated rings. The molecule has 0 aliphatic rings. The number of nitrogens with zero attached hydrogens (tertiary/aromatic N) is 2. The summed E-state index contributed by atoms with van der Waals surface area (Å²) in [7, 11) is 0. The van der Waals surface area contributed by atoms with Crippen LogP contribution in [0.25, 0.3) is 0 Å². The molecule has 0 aliphatic carbocycles. The first-order valence-electron chi connectivity index (χ1n) is 6.04. The van der Waals surface area contributed by atoms with Crippen molar-refractivity contribution in [1.82, 2.24) is 9.97 Å². The average Bonchev–Trinajstić information content (AvgIpc) is 2.23. The highest BCUT2D eigenvalue weighted by Crippen LogP contribution is 2.20. The Hall–Kier alpha value is -1.40. The van der Waals surface area contributed by atoms with Gasteiger partial charge in [0.1, 0.15) is 5.82 Å². The fraction of sp³-hybridized carbons (Fsp3) is 0.667. The lowest BCUT2D eigenvalue weighted by Crippen LogP contribution is -2.25. The number of hydrogen-bond acceptors (Lipinski definition) is 6. The van der Waals surface area contributed by atoms with E-state index >= 15 is 0 Å². The number of rotatable bonds is 5. The molecule has 18 heavy (non-hydrogen) atoms. The van der Waals surface area contributed by atoms with E-state index in [1.165, 1.54) is 0 Å². The molecule has 0 radical (unpaired) electrons. The van der Waals surface area contributed by atoms with E-state index in [0.717, 1.165) is 12.1 Å². The van der Waals surface area contributed by atoms with Gasteiger partial charge in [-0.05, 0) is 18.8 Å². The maximum Gasteiger partial charge on any atom is 0.239 e. The van der Waals surface area contributed by atoms with Gasteiger partial charge in [0, 0.05) is 18.3 Å². The Bertz CT molecular complexity index is 389. The fourth-order valence-corrected chi connectivity index (χ4v) is 1.73. The Morgan fingerprint density at radius 1 is 1.39 bits per heavy atom. The summed E-state index contributed by atoms with van der Waals surface area (Å²) in [5.74, 6) is 6.29. The fourth-order valence-electron chi connectivity index (χ4n) is 1.73. The maximum absolute atomic E-state index is 9.90. The third-order valence-electron chi connectivity index (χ3n) is 2.35.